The maximum absolute atomic E-state index is 12.8. The lowest BCUT2D eigenvalue weighted by atomic mass is 10.1. The molecule has 0 N–H and O–H groups in total. The second kappa shape index (κ2) is 6.75. The molecule has 0 bridgehead atoms. The Balaban J connectivity index is 1.73. The number of fused-ring (bicyclic) bond motifs is 1. The summed E-state index contributed by atoms with van der Waals surface area (Å²) in [4.78, 5) is 31.6. The Hall–Kier alpha value is -2.95. The van der Waals surface area contributed by atoms with E-state index in [-0.39, 0.29) is 24.2 Å². The number of hydrogen-bond acceptors (Lipinski definition) is 3. The molecule has 1 amide bonds. The summed E-state index contributed by atoms with van der Waals surface area (Å²) in [7, 11) is 0. The van der Waals surface area contributed by atoms with Crippen molar-refractivity contribution in [1.82, 2.24) is 14.5 Å². The molecule has 2 aromatic carbocycles. The lowest BCUT2D eigenvalue weighted by Gasteiger charge is -2.15. The Morgan fingerprint density at radius 3 is 2.58 bits per heavy atom. The Labute approximate surface area is 152 Å². The lowest BCUT2D eigenvalue weighted by molar-refractivity contribution is -0.127. The van der Waals surface area contributed by atoms with Gasteiger partial charge in [0.05, 0.1) is 17.6 Å². The van der Waals surface area contributed by atoms with E-state index in [1.807, 2.05) is 71.0 Å². The number of likely N-dealkylation sites (N-methyl/N-ethyl adjacent to an activating group) is 1. The van der Waals surface area contributed by atoms with Crippen LogP contribution in [-0.2, 0) is 11.3 Å². The van der Waals surface area contributed by atoms with Crippen molar-refractivity contribution in [2.24, 2.45) is 0 Å². The van der Waals surface area contributed by atoms with E-state index in [2.05, 4.69) is 0 Å². The van der Waals surface area contributed by atoms with Crippen LogP contribution in [0.15, 0.2) is 54.6 Å². The van der Waals surface area contributed by atoms with Crippen molar-refractivity contribution in [2.75, 3.05) is 13.1 Å². The van der Waals surface area contributed by atoms with Crippen LogP contribution in [0.1, 0.15) is 35.4 Å². The first-order chi connectivity index (χ1) is 12.7. The largest absolute Gasteiger partial charge is 0.342 e. The van der Waals surface area contributed by atoms with E-state index in [9.17, 15) is 9.59 Å². The molecule has 0 saturated carbocycles. The Morgan fingerprint density at radius 2 is 1.85 bits per heavy atom. The Bertz CT molecular complexity index is 962. The van der Waals surface area contributed by atoms with Gasteiger partial charge in [-0.1, -0.05) is 42.5 Å². The predicted octanol–water partition coefficient (Wildman–Crippen LogP) is 3.26. The topological polar surface area (TPSA) is 55.2 Å². The monoisotopic (exact) mass is 347 g/mol. The summed E-state index contributed by atoms with van der Waals surface area (Å²) in [6, 6.07) is 17.1. The minimum atomic E-state index is 0.0263. The van der Waals surface area contributed by atoms with Crippen LogP contribution in [0.3, 0.4) is 0 Å². The number of aromatic nitrogens is 2. The summed E-state index contributed by atoms with van der Waals surface area (Å²) in [6.07, 6.45) is 0.455. The van der Waals surface area contributed by atoms with E-state index in [1.54, 1.807) is 0 Å². The average molecular weight is 347 g/mol. The van der Waals surface area contributed by atoms with Crippen LogP contribution in [0.2, 0.25) is 0 Å². The molecule has 1 aliphatic rings. The highest BCUT2D eigenvalue weighted by atomic mass is 16.2. The van der Waals surface area contributed by atoms with Crippen molar-refractivity contribution in [3.8, 4) is 0 Å². The van der Waals surface area contributed by atoms with Gasteiger partial charge >= 0.3 is 0 Å². The maximum atomic E-state index is 12.8. The fourth-order valence-corrected chi connectivity index (χ4v) is 3.68. The molecule has 1 saturated heterocycles. The molecule has 4 rings (SSSR count). The van der Waals surface area contributed by atoms with Crippen LogP contribution in [0.4, 0.5) is 0 Å². The summed E-state index contributed by atoms with van der Waals surface area (Å²) in [5, 5.41) is 0. The van der Waals surface area contributed by atoms with Crippen molar-refractivity contribution >= 4 is 22.7 Å². The van der Waals surface area contributed by atoms with Crippen molar-refractivity contribution in [3.05, 3.63) is 66.0 Å². The minimum absolute atomic E-state index is 0.0263. The number of likely N-dealkylation sites (tertiary alicyclic amines) is 1. The van der Waals surface area contributed by atoms with Crippen molar-refractivity contribution in [3.63, 3.8) is 0 Å². The van der Waals surface area contributed by atoms with E-state index in [4.69, 9.17) is 4.98 Å². The molecule has 1 unspecified atom stereocenters. The first kappa shape index (κ1) is 16.5. The first-order valence-electron chi connectivity index (χ1n) is 8.98. The number of ketones is 1. The summed E-state index contributed by atoms with van der Waals surface area (Å²) in [5.74, 6) is 1.07. The highest BCUT2D eigenvalue weighted by Gasteiger charge is 2.33. The molecule has 5 heteroatoms. The molecule has 26 heavy (non-hydrogen) atoms. The van der Waals surface area contributed by atoms with Crippen LogP contribution in [0.5, 0.6) is 0 Å². The Morgan fingerprint density at radius 1 is 1.12 bits per heavy atom. The van der Waals surface area contributed by atoms with Gasteiger partial charge in [-0.05, 0) is 19.1 Å². The number of carbonyl (C=O) groups excluding carboxylic acids is 2. The van der Waals surface area contributed by atoms with E-state index < -0.39 is 0 Å². The highest BCUT2D eigenvalue weighted by Crippen LogP contribution is 2.30. The number of imidazole rings is 1. The first-order valence-corrected chi connectivity index (χ1v) is 8.98. The maximum Gasteiger partial charge on any atom is 0.223 e. The molecule has 0 radical (unpaired) electrons. The summed E-state index contributed by atoms with van der Waals surface area (Å²) < 4.78 is 1.99. The molecule has 1 atom stereocenters. The van der Waals surface area contributed by atoms with Gasteiger partial charge in [0.2, 0.25) is 5.91 Å². The van der Waals surface area contributed by atoms with Crippen LogP contribution in [-0.4, -0.2) is 39.2 Å². The summed E-state index contributed by atoms with van der Waals surface area (Å²) in [5.41, 5.74) is 2.49. The Kier molecular flexibility index (Phi) is 4.29. The summed E-state index contributed by atoms with van der Waals surface area (Å²) >= 11 is 0. The van der Waals surface area contributed by atoms with Crippen LogP contribution >= 0.6 is 0 Å². The second-order valence-corrected chi connectivity index (χ2v) is 6.67. The van der Waals surface area contributed by atoms with Crippen LogP contribution < -0.4 is 0 Å². The SMILES string of the molecule is CCN1CC(c2nc3ccccc3n2CC(=O)c2ccccc2)CC1=O. The van der Waals surface area contributed by atoms with E-state index in [0.717, 1.165) is 16.9 Å². The standard InChI is InChI=1S/C21H21N3O2/c1-2-23-13-16(12-20(23)26)21-22-17-10-6-7-11-18(17)24(21)14-19(25)15-8-4-3-5-9-15/h3-11,16H,2,12-14H2,1H3. The lowest BCUT2D eigenvalue weighted by Crippen LogP contribution is -2.24. The number of carbonyl (C=O) groups is 2. The highest BCUT2D eigenvalue weighted by molar-refractivity contribution is 5.96. The summed E-state index contributed by atoms with van der Waals surface area (Å²) in [6.45, 7) is 3.59. The second-order valence-electron chi connectivity index (χ2n) is 6.67. The molecule has 1 aliphatic heterocycles. The smallest absolute Gasteiger partial charge is 0.223 e. The molecule has 0 spiro atoms. The molecular formula is C21H21N3O2. The fraction of sp³-hybridized carbons (Fsp3) is 0.286. The molecule has 5 nitrogen and oxygen atoms in total. The van der Waals surface area contributed by atoms with Gasteiger partial charge < -0.3 is 9.47 Å². The molecular weight excluding hydrogens is 326 g/mol. The number of para-hydroxylation sites is 2. The molecule has 1 aromatic heterocycles. The molecule has 2 heterocycles. The number of nitrogens with zero attached hydrogens (tertiary/aromatic N) is 3. The molecule has 132 valence electrons. The van der Waals surface area contributed by atoms with Gasteiger partial charge in [-0.3, -0.25) is 9.59 Å². The number of hydrogen-bond donors (Lipinski definition) is 0. The molecule has 3 aromatic rings. The third-order valence-corrected chi connectivity index (χ3v) is 5.04. The third-order valence-electron chi connectivity index (χ3n) is 5.04. The minimum Gasteiger partial charge on any atom is -0.342 e. The van der Waals surface area contributed by atoms with Gasteiger partial charge in [0.25, 0.3) is 0 Å². The van der Waals surface area contributed by atoms with Gasteiger partial charge in [-0.2, -0.15) is 0 Å². The zero-order valence-electron chi connectivity index (χ0n) is 14.8. The normalized spacial score (nSPS) is 17.2. The average Bonchev–Trinajstić information content (AvgIpc) is 3.23. The van der Waals surface area contributed by atoms with Gasteiger partial charge in [0.1, 0.15) is 5.82 Å². The fourth-order valence-electron chi connectivity index (χ4n) is 3.68. The molecule has 0 aliphatic carbocycles. The van der Waals surface area contributed by atoms with Crippen LogP contribution in [0, 0.1) is 0 Å². The number of benzene rings is 2. The van der Waals surface area contributed by atoms with Gasteiger partial charge in [-0.15, -0.1) is 0 Å². The van der Waals surface area contributed by atoms with Crippen LogP contribution in [0.25, 0.3) is 11.0 Å². The number of Topliss-reactive ketones (excluding diaryl/α,β-unsaturated/α-hetero) is 1. The predicted molar refractivity (Wildman–Crippen MR) is 100 cm³/mol. The van der Waals surface area contributed by atoms with Crippen molar-refractivity contribution < 1.29 is 9.59 Å². The number of rotatable bonds is 5. The van der Waals surface area contributed by atoms with Crippen molar-refractivity contribution in [2.45, 2.75) is 25.8 Å². The zero-order chi connectivity index (χ0) is 18.1. The zero-order valence-corrected chi connectivity index (χ0v) is 14.8. The van der Waals surface area contributed by atoms with Gasteiger partial charge in [0, 0.05) is 31.0 Å². The van der Waals surface area contributed by atoms with E-state index in [1.165, 1.54) is 0 Å². The quantitative estimate of drug-likeness (QED) is 0.666. The van der Waals surface area contributed by atoms with E-state index >= 15 is 0 Å². The van der Waals surface area contributed by atoms with E-state index in [0.29, 0.717) is 25.1 Å². The third kappa shape index (κ3) is 2.90. The number of amides is 1. The van der Waals surface area contributed by atoms with Crippen molar-refractivity contribution in [1.29, 1.82) is 0 Å². The van der Waals surface area contributed by atoms with Gasteiger partial charge in [-0.25, -0.2) is 4.98 Å². The molecule has 1 fully saturated rings. The van der Waals surface area contributed by atoms with Gasteiger partial charge in [0.15, 0.2) is 5.78 Å².